The number of rotatable bonds is 1. The fraction of sp³-hybridized carbons (Fsp3) is 0.526. The van der Waals surface area contributed by atoms with Crippen LogP contribution in [0.2, 0.25) is 5.02 Å². The lowest BCUT2D eigenvalue weighted by Gasteiger charge is -2.60. The minimum atomic E-state index is -0.233. The van der Waals surface area contributed by atoms with Crippen LogP contribution < -0.4 is 0 Å². The summed E-state index contributed by atoms with van der Waals surface area (Å²) in [6.45, 7) is 3.59. The molecule has 2 atom stereocenters. The molecule has 5 heterocycles. The Kier molecular flexibility index (Phi) is 2.91. The van der Waals surface area contributed by atoms with E-state index in [1.165, 1.54) is 24.8 Å². The monoisotopic (exact) mass is 373 g/mol. The first-order valence-electron chi connectivity index (χ1n) is 9.06. The van der Waals surface area contributed by atoms with Crippen molar-refractivity contribution >= 4 is 38.9 Å². The number of hydrogen-bond donors (Lipinski definition) is 0. The van der Waals surface area contributed by atoms with Crippen molar-refractivity contribution in [2.24, 2.45) is 22.9 Å². The highest BCUT2D eigenvalue weighted by molar-refractivity contribution is 7.21. The average molecular weight is 374 g/mol. The predicted molar refractivity (Wildman–Crippen MR) is 101 cm³/mol. The molecule has 5 aliphatic rings. The summed E-state index contributed by atoms with van der Waals surface area (Å²) in [5, 5.41) is 6.60. The summed E-state index contributed by atoms with van der Waals surface area (Å²) in [6, 6.07) is 8.27. The fourth-order valence-corrected chi connectivity index (χ4v) is 7.17. The van der Waals surface area contributed by atoms with Crippen molar-refractivity contribution in [3.05, 3.63) is 34.2 Å². The molecular formula is C19H20ClN3OS. The molecule has 6 heteroatoms. The van der Waals surface area contributed by atoms with E-state index in [1.807, 2.05) is 12.1 Å². The molecule has 1 spiro atoms. The molecule has 1 aromatic heterocycles. The van der Waals surface area contributed by atoms with Crippen molar-refractivity contribution in [2.75, 3.05) is 26.7 Å². The second-order valence-corrected chi connectivity index (χ2v) is 9.50. The van der Waals surface area contributed by atoms with Gasteiger partial charge in [0.05, 0.1) is 14.6 Å². The third kappa shape index (κ3) is 1.84. The van der Waals surface area contributed by atoms with Crippen LogP contribution in [0.5, 0.6) is 0 Å². The number of fused-ring (bicyclic) bond motifs is 1. The van der Waals surface area contributed by atoms with Gasteiger partial charge in [0.2, 0.25) is 5.72 Å². The number of oxime groups is 1. The van der Waals surface area contributed by atoms with Crippen molar-refractivity contribution < 1.29 is 4.84 Å². The lowest BCUT2D eigenvalue weighted by molar-refractivity contribution is -0.245. The van der Waals surface area contributed by atoms with Gasteiger partial charge in [-0.25, -0.2) is 0 Å². The summed E-state index contributed by atoms with van der Waals surface area (Å²) in [5.74, 6) is 2.94. The molecule has 3 saturated heterocycles. The van der Waals surface area contributed by atoms with Gasteiger partial charge >= 0.3 is 0 Å². The second kappa shape index (κ2) is 4.90. The molecule has 2 aromatic rings. The molecule has 4 fully saturated rings. The molecule has 0 N–H and O–H groups in total. The maximum atomic E-state index is 6.37. The normalized spacial score (nSPS) is 38.6. The van der Waals surface area contributed by atoms with E-state index >= 15 is 0 Å². The number of nitrogens with zero attached hydrogens (tertiary/aromatic N) is 3. The first-order chi connectivity index (χ1) is 12.1. The zero-order valence-corrected chi connectivity index (χ0v) is 15.7. The number of amidine groups is 1. The minimum Gasteiger partial charge on any atom is -0.364 e. The molecule has 1 aliphatic carbocycles. The lowest BCUT2D eigenvalue weighted by atomic mass is 9.62. The van der Waals surface area contributed by atoms with Crippen molar-refractivity contribution in [1.82, 2.24) is 9.80 Å². The fourth-order valence-electron chi connectivity index (χ4n) is 5.79. The van der Waals surface area contributed by atoms with Crippen molar-refractivity contribution in [2.45, 2.75) is 18.6 Å². The van der Waals surface area contributed by atoms with Crippen LogP contribution in [-0.2, 0) is 4.84 Å². The minimum absolute atomic E-state index is 0.233. The summed E-state index contributed by atoms with van der Waals surface area (Å²) < 4.78 is 1.13. The molecule has 0 radical (unpaired) electrons. The first kappa shape index (κ1) is 14.8. The van der Waals surface area contributed by atoms with E-state index in [1.54, 1.807) is 11.3 Å². The second-order valence-electron chi connectivity index (χ2n) is 8.04. The smallest absolute Gasteiger partial charge is 0.219 e. The Morgan fingerprint density at radius 2 is 2.04 bits per heavy atom. The maximum Gasteiger partial charge on any atom is 0.219 e. The Balaban J connectivity index is 1.40. The van der Waals surface area contributed by atoms with Gasteiger partial charge < -0.3 is 14.6 Å². The topological polar surface area (TPSA) is 28.1 Å². The molecule has 4 nitrogen and oxygen atoms in total. The SMILES string of the molecule is CN1C(c2cc3cccc(Cl)c3s2)=NOC12C1CC3CC2CN(C3)C1. The quantitative estimate of drug-likeness (QED) is 0.760. The summed E-state index contributed by atoms with van der Waals surface area (Å²) in [5.41, 5.74) is -0.233. The van der Waals surface area contributed by atoms with Gasteiger partial charge in [0.1, 0.15) is 0 Å². The number of thiophene rings is 1. The standard InChI is InChI=1S/C19H20ClN3OS/c1-22-18(16-7-12-3-2-4-15(20)17(12)25-16)21-24-19(22)13-5-11-6-14(19)10-23(8-11)9-13/h2-4,7,11,13-14H,5-6,8-10H2,1H3. The zero-order valence-electron chi connectivity index (χ0n) is 14.1. The van der Waals surface area contributed by atoms with Gasteiger partial charge in [-0.1, -0.05) is 28.9 Å². The van der Waals surface area contributed by atoms with E-state index in [2.05, 4.69) is 34.1 Å². The Morgan fingerprint density at radius 3 is 2.76 bits per heavy atom. The van der Waals surface area contributed by atoms with Gasteiger partial charge in [0.15, 0.2) is 5.84 Å². The molecule has 25 heavy (non-hydrogen) atoms. The van der Waals surface area contributed by atoms with Crippen molar-refractivity contribution in [3.63, 3.8) is 0 Å². The molecule has 130 valence electrons. The van der Waals surface area contributed by atoms with Crippen LogP contribution in [-0.4, -0.2) is 48.0 Å². The summed E-state index contributed by atoms with van der Waals surface area (Å²) >= 11 is 8.09. The van der Waals surface area contributed by atoms with Crippen LogP contribution in [0.4, 0.5) is 0 Å². The van der Waals surface area contributed by atoms with Crippen LogP contribution in [0.25, 0.3) is 10.1 Å². The highest BCUT2D eigenvalue weighted by atomic mass is 35.5. The van der Waals surface area contributed by atoms with Gasteiger partial charge in [0, 0.05) is 38.5 Å². The Bertz CT molecular complexity index is 879. The summed E-state index contributed by atoms with van der Waals surface area (Å²) in [6.07, 6.45) is 2.55. The van der Waals surface area contributed by atoms with E-state index in [-0.39, 0.29) is 5.72 Å². The molecule has 1 saturated carbocycles. The molecular weight excluding hydrogens is 354 g/mol. The van der Waals surface area contributed by atoms with Gasteiger partial charge in [-0.3, -0.25) is 0 Å². The highest BCUT2D eigenvalue weighted by Gasteiger charge is 2.64. The van der Waals surface area contributed by atoms with Crippen LogP contribution in [0, 0.1) is 17.8 Å². The van der Waals surface area contributed by atoms with Gasteiger partial charge in [-0.15, -0.1) is 11.3 Å². The highest BCUT2D eigenvalue weighted by Crippen LogP contribution is 2.54. The average Bonchev–Trinajstić information content (AvgIpc) is 3.15. The number of piperidine rings is 3. The third-order valence-corrected chi connectivity index (χ3v) is 8.32. The van der Waals surface area contributed by atoms with Crippen LogP contribution in [0.15, 0.2) is 29.4 Å². The van der Waals surface area contributed by atoms with Gasteiger partial charge in [0.25, 0.3) is 0 Å². The number of benzene rings is 1. The Labute approximate surface area is 156 Å². The van der Waals surface area contributed by atoms with Crippen LogP contribution in [0.1, 0.15) is 17.7 Å². The van der Waals surface area contributed by atoms with E-state index in [0.717, 1.165) is 39.4 Å². The number of hydrogen-bond acceptors (Lipinski definition) is 5. The Morgan fingerprint density at radius 1 is 1.24 bits per heavy atom. The molecule has 1 aromatic carbocycles. The van der Waals surface area contributed by atoms with Gasteiger partial charge in [-0.05, 0) is 36.3 Å². The van der Waals surface area contributed by atoms with Gasteiger partial charge in [-0.2, -0.15) is 0 Å². The summed E-state index contributed by atoms with van der Waals surface area (Å²) in [7, 11) is 2.18. The zero-order chi connectivity index (χ0) is 16.8. The van der Waals surface area contributed by atoms with Crippen molar-refractivity contribution in [3.8, 4) is 0 Å². The molecule has 2 unspecified atom stereocenters. The lowest BCUT2D eigenvalue weighted by Crippen LogP contribution is -2.71. The van der Waals surface area contributed by atoms with E-state index in [9.17, 15) is 0 Å². The summed E-state index contributed by atoms with van der Waals surface area (Å²) in [4.78, 5) is 12.4. The molecule has 0 amide bonds. The Hall–Kier alpha value is -1.30. The van der Waals surface area contributed by atoms with Crippen LogP contribution in [0.3, 0.4) is 0 Å². The number of halogens is 1. The third-order valence-electron chi connectivity index (χ3n) is 6.72. The van der Waals surface area contributed by atoms with E-state index < -0.39 is 0 Å². The maximum absolute atomic E-state index is 6.37. The van der Waals surface area contributed by atoms with E-state index in [4.69, 9.17) is 16.4 Å². The van der Waals surface area contributed by atoms with Crippen LogP contribution >= 0.6 is 22.9 Å². The first-order valence-corrected chi connectivity index (χ1v) is 10.3. The molecule has 7 rings (SSSR count). The molecule has 4 aliphatic heterocycles. The molecule has 4 bridgehead atoms. The van der Waals surface area contributed by atoms with Crippen molar-refractivity contribution in [1.29, 1.82) is 0 Å². The largest absolute Gasteiger partial charge is 0.364 e. The van der Waals surface area contributed by atoms with E-state index in [0.29, 0.717) is 11.8 Å². The predicted octanol–water partition coefficient (Wildman–Crippen LogP) is 3.85.